The van der Waals surface area contributed by atoms with Crippen LogP contribution in [0.15, 0.2) is 158 Å². The second-order valence-corrected chi connectivity index (χ2v) is 13.8. The molecule has 3 nitrogen and oxygen atoms in total. The third-order valence-electron chi connectivity index (χ3n) is 10.8. The molecule has 0 radical (unpaired) electrons. The number of nitrogens with zero attached hydrogens (tertiary/aromatic N) is 3. The molecule has 0 bridgehead atoms. The maximum Gasteiger partial charge on any atom is 0.200 e. The summed E-state index contributed by atoms with van der Waals surface area (Å²) < 4.78 is 79.7. The number of nitriles is 1. The molecule has 2 heterocycles. The van der Waals surface area contributed by atoms with E-state index in [1.165, 1.54) is 12.1 Å². The van der Waals surface area contributed by atoms with Crippen LogP contribution in [-0.4, -0.2) is 9.13 Å². The van der Waals surface area contributed by atoms with Gasteiger partial charge in [-0.1, -0.05) is 121 Å². The van der Waals surface area contributed by atoms with Crippen molar-refractivity contribution >= 4 is 43.6 Å². The summed E-state index contributed by atoms with van der Waals surface area (Å²) >= 11 is 0. The third-order valence-corrected chi connectivity index (χ3v) is 10.8. The van der Waals surface area contributed by atoms with E-state index in [9.17, 15) is 18.4 Å². The van der Waals surface area contributed by atoms with E-state index in [-0.39, 0.29) is 5.56 Å². The predicted octanol–water partition coefficient (Wildman–Crippen LogP) is 13.4. The molecule has 0 unspecified atom stereocenters. The summed E-state index contributed by atoms with van der Waals surface area (Å²) in [4.78, 5) is 0. The van der Waals surface area contributed by atoms with E-state index in [1.54, 1.807) is 0 Å². The van der Waals surface area contributed by atoms with Gasteiger partial charge in [-0.3, -0.25) is 0 Å². The lowest BCUT2D eigenvalue weighted by molar-refractivity contribution is 0.381. The molecule has 0 fully saturated rings. The zero-order valence-electron chi connectivity index (χ0n) is 29.7. The van der Waals surface area contributed by atoms with Gasteiger partial charge in [-0.2, -0.15) is 5.26 Å². The Hall–Kier alpha value is -7.50. The van der Waals surface area contributed by atoms with Crippen LogP contribution >= 0.6 is 0 Å². The van der Waals surface area contributed by atoms with Crippen molar-refractivity contribution in [3.8, 4) is 50.8 Å². The molecule has 2 aromatic heterocycles. The molecule has 0 atom stereocenters. The van der Waals surface area contributed by atoms with Crippen molar-refractivity contribution in [3.63, 3.8) is 0 Å². The van der Waals surface area contributed by atoms with E-state index in [1.807, 2.05) is 155 Å². The van der Waals surface area contributed by atoms with Crippen LogP contribution < -0.4 is 0 Å². The fraction of sp³-hybridized carbons (Fsp3) is 0. The predicted molar refractivity (Wildman–Crippen MR) is 216 cm³/mol. The number of rotatable bonds is 5. The highest BCUT2D eigenvalue weighted by atomic mass is 19.2. The SMILES string of the molecule is N#Cc1cc(-n2c3ccccc3c3ccc(-c4ccccc4)cc32)c(-n2c3ccccc3c3ccc(-c4ccccc4)cc32)cc1-c1c(F)c(F)c(F)c(F)c1F. The van der Waals surface area contributed by atoms with Crippen molar-refractivity contribution in [1.82, 2.24) is 9.13 Å². The summed E-state index contributed by atoms with van der Waals surface area (Å²) in [7, 11) is 0. The number of fused-ring (bicyclic) bond motifs is 6. The summed E-state index contributed by atoms with van der Waals surface area (Å²) in [6, 6.07) is 52.2. The van der Waals surface area contributed by atoms with Crippen LogP contribution in [0.4, 0.5) is 22.0 Å². The topological polar surface area (TPSA) is 33.6 Å². The number of benzene rings is 8. The summed E-state index contributed by atoms with van der Waals surface area (Å²) in [6.07, 6.45) is 0. The molecule has 0 aliphatic rings. The molecule has 0 saturated heterocycles. The first-order chi connectivity index (χ1) is 27.8. The molecular weight excluding hydrogens is 726 g/mol. The van der Waals surface area contributed by atoms with Gasteiger partial charge in [0.15, 0.2) is 23.3 Å². The molecule has 0 amide bonds. The monoisotopic (exact) mass is 751 g/mol. The first-order valence-corrected chi connectivity index (χ1v) is 18.1. The Bertz CT molecular complexity index is 3280. The normalized spacial score (nSPS) is 11.6. The van der Waals surface area contributed by atoms with Crippen LogP contribution in [0.25, 0.3) is 88.4 Å². The van der Waals surface area contributed by atoms with Gasteiger partial charge in [0.05, 0.1) is 50.6 Å². The van der Waals surface area contributed by atoms with Gasteiger partial charge in [-0.05, 0) is 58.7 Å². The zero-order chi connectivity index (χ0) is 38.9. The van der Waals surface area contributed by atoms with Crippen LogP contribution in [0.3, 0.4) is 0 Å². The number of halogens is 5. The summed E-state index contributed by atoms with van der Waals surface area (Å²) in [5.41, 5.74) is 5.62. The smallest absolute Gasteiger partial charge is 0.200 e. The van der Waals surface area contributed by atoms with E-state index in [0.717, 1.165) is 65.9 Å². The summed E-state index contributed by atoms with van der Waals surface area (Å²) in [5.74, 6) is -10.5. The molecule has 0 aliphatic carbocycles. The van der Waals surface area contributed by atoms with Crippen LogP contribution in [-0.2, 0) is 0 Å². The quantitative estimate of drug-likeness (QED) is 0.0979. The Morgan fingerprint density at radius 3 is 1.25 bits per heavy atom. The van der Waals surface area contributed by atoms with Gasteiger partial charge in [-0.25, -0.2) is 22.0 Å². The van der Waals surface area contributed by atoms with Gasteiger partial charge in [0.2, 0.25) is 5.82 Å². The van der Waals surface area contributed by atoms with Crippen LogP contribution in [0.2, 0.25) is 0 Å². The second-order valence-electron chi connectivity index (χ2n) is 13.8. The van der Waals surface area contributed by atoms with E-state index in [2.05, 4.69) is 6.07 Å². The molecule has 10 aromatic rings. The van der Waals surface area contributed by atoms with Gasteiger partial charge in [0.1, 0.15) is 0 Å². The third kappa shape index (κ3) is 5.16. The van der Waals surface area contributed by atoms with E-state index in [0.29, 0.717) is 11.4 Å². The Balaban J connectivity index is 1.39. The average Bonchev–Trinajstić information content (AvgIpc) is 3.77. The van der Waals surface area contributed by atoms with Crippen LogP contribution in [0.1, 0.15) is 5.56 Å². The molecule has 0 saturated carbocycles. The Labute approximate surface area is 322 Å². The van der Waals surface area contributed by atoms with Gasteiger partial charge in [0.25, 0.3) is 0 Å². The lowest BCUT2D eigenvalue weighted by Gasteiger charge is -2.20. The van der Waals surface area contributed by atoms with Crippen molar-refractivity contribution in [2.24, 2.45) is 0 Å². The molecular formula is C49H26F5N3. The fourth-order valence-corrected chi connectivity index (χ4v) is 8.16. The zero-order valence-corrected chi connectivity index (χ0v) is 29.7. The minimum atomic E-state index is -2.28. The largest absolute Gasteiger partial charge is 0.307 e. The van der Waals surface area contributed by atoms with Gasteiger partial charge >= 0.3 is 0 Å². The molecule has 8 heteroatoms. The van der Waals surface area contributed by atoms with Crippen LogP contribution in [0, 0.1) is 40.4 Å². The van der Waals surface area contributed by atoms with Crippen molar-refractivity contribution < 1.29 is 22.0 Å². The Morgan fingerprint density at radius 1 is 0.368 bits per heavy atom. The lowest BCUT2D eigenvalue weighted by Crippen LogP contribution is -2.08. The molecule has 10 rings (SSSR count). The number of para-hydroxylation sites is 2. The number of hydrogen-bond donors (Lipinski definition) is 0. The second kappa shape index (κ2) is 13.1. The summed E-state index contributed by atoms with van der Waals surface area (Å²) in [6.45, 7) is 0. The fourth-order valence-electron chi connectivity index (χ4n) is 8.16. The first kappa shape index (κ1) is 34.0. The van der Waals surface area contributed by atoms with Gasteiger partial charge in [0, 0.05) is 27.1 Å². The van der Waals surface area contributed by atoms with Gasteiger partial charge < -0.3 is 9.13 Å². The molecule has 0 N–H and O–H groups in total. The minimum Gasteiger partial charge on any atom is -0.307 e. The van der Waals surface area contributed by atoms with Crippen molar-refractivity contribution in [1.29, 1.82) is 5.26 Å². The maximum absolute atomic E-state index is 15.8. The molecule has 272 valence electrons. The maximum atomic E-state index is 15.8. The molecule has 0 spiro atoms. The first-order valence-electron chi connectivity index (χ1n) is 18.1. The van der Waals surface area contributed by atoms with E-state index < -0.39 is 40.2 Å². The van der Waals surface area contributed by atoms with Gasteiger partial charge in [-0.15, -0.1) is 0 Å². The molecule has 57 heavy (non-hydrogen) atoms. The number of hydrogen-bond acceptors (Lipinski definition) is 1. The highest BCUT2D eigenvalue weighted by Gasteiger charge is 2.30. The van der Waals surface area contributed by atoms with Crippen molar-refractivity contribution in [2.75, 3.05) is 0 Å². The van der Waals surface area contributed by atoms with Crippen molar-refractivity contribution in [2.45, 2.75) is 0 Å². The van der Waals surface area contributed by atoms with E-state index in [4.69, 9.17) is 0 Å². The highest BCUT2D eigenvalue weighted by Crippen LogP contribution is 2.43. The molecule has 8 aromatic carbocycles. The Morgan fingerprint density at radius 2 is 0.772 bits per heavy atom. The van der Waals surface area contributed by atoms with E-state index >= 15 is 8.78 Å². The summed E-state index contributed by atoms with van der Waals surface area (Å²) in [5, 5.41) is 14.2. The van der Waals surface area contributed by atoms with Crippen LogP contribution in [0.5, 0.6) is 0 Å². The number of aromatic nitrogens is 2. The standard InChI is InChI=1S/C49H26F5N3/c50-45-44(46(51)48(53)49(54)47(45)52)37-26-43(57-39-18-10-8-16-34(39)36-22-20-31(24-41(36)57)29-13-5-2-6-14-29)42(25-32(37)27-55)56-38-17-9-7-15-33(38)35-21-19-30(23-40(35)56)28-11-3-1-4-12-28/h1-26H. The average molecular weight is 752 g/mol. The lowest BCUT2D eigenvalue weighted by atomic mass is 9.96. The minimum absolute atomic E-state index is 0.284. The van der Waals surface area contributed by atoms with Crippen molar-refractivity contribution in [3.05, 3.63) is 192 Å². The Kier molecular flexibility index (Phi) is 7.80. The molecule has 0 aliphatic heterocycles. The highest BCUT2D eigenvalue weighted by molar-refractivity contribution is 6.13.